The second-order valence-electron chi connectivity index (χ2n) is 11.6. The highest BCUT2D eigenvalue weighted by molar-refractivity contribution is 6.74. The zero-order valence-electron chi connectivity index (χ0n) is 21.8. The summed E-state index contributed by atoms with van der Waals surface area (Å²) in [6.07, 6.45) is 11.5. The van der Waals surface area contributed by atoms with Crippen molar-refractivity contribution < 1.29 is 4.43 Å². The van der Waals surface area contributed by atoms with E-state index >= 15 is 0 Å². The van der Waals surface area contributed by atoms with E-state index in [0.717, 1.165) is 19.4 Å². The van der Waals surface area contributed by atoms with E-state index in [4.69, 9.17) is 4.43 Å². The summed E-state index contributed by atoms with van der Waals surface area (Å²) >= 11 is 0. The average molecular weight is 453 g/mol. The third-order valence-corrected chi connectivity index (χ3v) is 11.9. The van der Waals surface area contributed by atoms with E-state index in [0.29, 0.717) is 10.5 Å². The van der Waals surface area contributed by atoms with Crippen molar-refractivity contribution in [2.24, 2.45) is 5.41 Å². The van der Waals surface area contributed by atoms with Crippen molar-refractivity contribution in [3.8, 4) is 0 Å². The monoisotopic (exact) mass is 452 g/mol. The summed E-state index contributed by atoms with van der Waals surface area (Å²) in [5.41, 5.74) is 3.25. The average Bonchev–Trinajstić information content (AvgIpc) is 2.73. The molecule has 0 spiro atoms. The highest BCUT2D eigenvalue weighted by Gasteiger charge is 2.36. The van der Waals surface area contributed by atoms with E-state index in [1.165, 1.54) is 56.1 Å². The van der Waals surface area contributed by atoms with Crippen LogP contribution < -0.4 is 0 Å². The van der Waals surface area contributed by atoms with Crippen LogP contribution in [0.5, 0.6) is 0 Å². The first kappa shape index (κ1) is 26.9. The lowest BCUT2D eigenvalue weighted by Gasteiger charge is -2.36. The first-order valence-electron chi connectivity index (χ1n) is 12.8. The van der Waals surface area contributed by atoms with Crippen LogP contribution in [0, 0.1) is 5.41 Å². The highest BCUT2D eigenvalue weighted by atomic mass is 28.4. The standard InChI is InChI=1S/C30H48OSi/c1-29(2,3)32(5,6)31-24-18-10-8-7-9-17-23-30(4,25-27-19-13-11-14-20-27)26-28-21-15-12-16-22-28/h11-16,19-22H,7-10,17-18,23-26H2,1-6H3. The quantitative estimate of drug-likeness (QED) is 0.205. The molecule has 0 aliphatic carbocycles. The molecule has 2 rings (SSSR count). The van der Waals surface area contributed by atoms with Gasteiger partial charge in [0, 0.05) is 6.61 Å². The molecule has 0 aromatic heterocycles. The lowest BCUT2D eigenvalue weighted by Crippen LogP contribution is -2.40. The van der Waals surface area contributed by atoms with Crippen LogP contribution in [0.2, 0.25) is 18.1 Å². The zero-order chi connectivity index (χ0) is 23.5. The second kappa shape index (κ2) is 12.7. The van der Waals surface area contributed by atoms with Crippen molar-refractivity contribution in [1.29, 1.82) is 0 Å². The van der Waals surface area contributed by atoms with Crippen molar-refractivity contribution in [3.63, 3.8) is 0 Å². The van der Waals surface area contributed by atoms with Crippen LogP contribution in [0.4, 0.5) is 0 Å². The molecule has 2 aromatic rings. The summed E-state index contributed by atoms with van der Waals surface area (Å²) in [5.74, 6) is 0. The topological polar surface area (TPSA) is 9.23 Å². The molecule has 0 atom stereocenters. The molecule has 0 N–H and O–H groups in total. The number of benzene rings is 2. The number of hydrogen-bond donors (Lipinski definition) is 0. The summed E-state index contributed by atoms with van der Waals surface area (Å²) in [7, 11) is -1.57. The predicted molar refractivity (Wildman–Crippen MR) is 144 cm³/mol. The normalized spacial score (nSPS) is 12.8. The Morgan fingerprint density at radius 2 is 1.06 bits per heavy atom. The molecule has 32 heavy (non-hydrogen) atoms. The largest absolute Gasteiger partial charge is 0.417 e. The molecule has 0 saturated carbocycles. The van der Waals surface area contributed by atoms with Gasteiger partial charge in [-0.1, -0.05) is 120 Å². The molecule has 0 saturated heterocycles. The number of rotatable bonds is 14. The fourth-order valence-corrected chi connectivity index (χ4v) is 5.41. The first-order chi connectivity index (χ1) is 15.1. The van der Waals surface area contributed by atoms with Crippen LogP contribution >= 0.6 is 0 Å². The molecule has 0 unspecified atom stereocenters. The van der Waals surface area contributed by atoms with Crippen molar-refractivity contribution in [2.45, 2.75) is 104 Å². The van der Waals surface area contributed by atoms with Crippen LogP contribution in [0.25, 0.3) is 0 Å². The minimum absolute atomic E-state index is 0.319. The Balaban J connectivity index is 1.71. The molecular weight excluding hydrogens is 404 g/mol. The Hall–Kier alpha value is -1.38. The van der Waals surface area contributed by atoms with E-state index < -0.39 is 8.32 Å². The lowest BCUT2D eigenvalue weighted by molar-refractivity contribution is 0.272. The minimum atomic E-state index is -1.57. The fourth-order valence-electron chi connectivity index (χ4n) is 4.32. The van der Waals surface area contributed by atoms with Crippen molar-refractivity contribution in [1.82, 2.24) is 0 Å². The fraction of sp³-hybridized carbons (Fsp3) is 0.600. The molecule has 0 radical (unpaired) electrons. The Morgan fingerprint density at radius 3 is 1.53 bits per heavy atom. The van der Waals surface area contributed by atoms with Gasteiger partial charge in [-0.3, -0.25) is 0 Å². The summed E-state index contributed by atoms with van der Waals surface area (Å²) < 4.78 is 6.32. The van der Waals surface area contributed by atoms with Gasteiger partial charge in [0.05, 0.1) is 0 Å². The third-order valence-electron chi connectivity index (χ3n) is 7.39. The van der Waals surface area contributed by atoms with Gasteiger partial charge in [-0.15, -0.1) is 0 Å². The summed E-state index contributed by atoms with van der Waals surface area (Å²) in [4.78, 5) is 0. The molecule has 2 aromatic carbocycles. The smallest absolute Gasteiger partial charge is 0.191 e. The lowest BCUT2D eigenvalue weighted by atomic mass is 9.74. The molecule has 1 nitrogen and oxygen atoms in total. The molecule has 178 valence electrons. The van der Waals surface area contributed by atoms with Gasteiger partial charge < -0.3 is 4.43 Å². The van der Waals surface area contributed by atoms with Gasteiger partial charge in [0.2, 0.25) is 0 Å². The van der Waals surface area contributed by atoms with Gasteiger partial charge in [0.15, 0.2) is 8.32 Å². The van der Waals surface area contributed by atoms with E-state index in [9.17, 15) is 0 Å². The molecular formula is C30H48OSi. The van der Waals surface area contributed by atoms with Gasteiger partial charge in [-0.2, -0.15) is 0 Å². The Kier molecular flexibility index (Phi) is 10.7. The molecule has 0 aliphatic heterocycles. The Bertz CT molecular complexity index is 704. The first-order valence-corrected chi connectivity index (χ1v) is 15.7. The Labute approximate surface area is 200 Å². The van der Waals surface area contributed by atoms with Gasteiger partial charge in [-0.05, 0) is 60.4 Å². The second-order valence-corrected chi connectivity index (χ2v) is 16.4. The molecule has 0 heterocycles. The van der Waals surface area contributed by atoms with E-state index in [2.05, 4.69) is 101 Å². The molecule has 0 bridgehead atoms. The van der Waals surface area contributed by atoms with Crippen LogP contribution in [0.15, 0.2) is 60.7 Å². The Morgan fingerprint density at radius 1 is 0.625 bits per heavy atom. The van der Waals surface area contributed by atoms with Crippen LogP contribution in [0.3, 0.4) is 0 Å². The van der Waals surface area contributed by atoms with Gasteiger partial charge >= 0.3 is 0 Å². The van der Waals surface area contributed by atoms with E-state index in [1.807, 2.05) is 0 Å². The van der Waals surface area contributed by atoms with E-state index in [1.54, 1.807) is 0 Å². The molecule has 2 heteroatoms. The van der Waals surface area contributed by atoms with Crippen LogP contribution in [0.1, 0.15) is 83.8 Å². The van der Waals surface area contributed by atoms with Gasteiger partial charge in [-0.25, -0.2) is 0 Å². The van der Waals surface area contributed by atoms with Gasteiger partial charge in [0.1, 0.15) is 0 Å². The SMILES string of the molecule is CC(CCCCCCCCO[Si](C)(C)C(C)(C)C)(Cc1ccccc1)Cc1ccccc1. The summed E-state index contributed by atoms with van der Waals surface area (Å²) in [6.45, 7) is 15.1. The van der Waals surface area contributed by atoms with Crippen molar-refractivity contribution in [2.75, 3.05) is 6.61 Å². The summed E-state index contributed by atoms with van der Waals surface area (Å²) in [5, 5.41) is 0.319. The maximum absolute atomic E-state index is 6.32. The van der Waals surface area contributed by atoms with E-state index in [-0.39, 0.29) is 0 Å². The number of hydrogen-bond acceptors (Lipinski definition) is 1. The third kappa shape index (κ3) is 9.63. The van der Waals surface area contributed by atoms with Crippen molar-refractivity contribution >= 4 is 8.32 Å². The summed E-state index contributed by atoms with van der Waals surface area (Å²) in [6, 6.07) is 22.1. The maximum atomic E-state index is 6.32. The van der Waals surface area contributed by atoms with Crippen LogP contribution in [-0.2, 0) is 17.3 Å². The molecule has 0 amide bonds. The van der Waals surface area contributed by atoms with Crippen molar-refractivity contribution in [3.05, 3.63) is 71.8 Å². The minimum Gasteiger partial charge on any atom is -0.417 e. The zero-order valence-corrected chi connectivity index (χ0v) is 22.8. The number of unbranched alkanes of at least 4 members (excludes halogenated alkanes) is 5. The highest BCUT2D eigenvalue weighted by Crippen LogP contribution is 2.37. The molecule has 0 aliphatic rings. The molecule has 0 fully saturated rings. The van der Waals surface area contributed by atoms with Crippen LogP contribution in [-0.4, -0.2) is 14.9 Å². The predicted octanol–water partition coefficient (Wildman–Crippen LogP) is 9.23. The maximum Gasteiger partial charge on any atom is 0.191 e. The van der Waals surface area contributed by atoms with Gasteiger partial charge in [0.25, 0.3) is 0 Å².